The van der Waals surface area contributed by atoms with E-state index in [4.69, 9.17) is 28.7 Å². The zero-order chi connectivity index (χ0) is 31.8. The highest BCUT2D eigenvalue weighted by Gasteiger charge is 2.31. The van der Waals surface area contributed by atoms with Gasteiger partial charge in [-0.05, 0) is 55.7 Å². The molecule has 0 spiro atoms. The van der Waals surface area contributed by atoms with E-state index in [2.05, 4.69) is 25.9 Å². The van der Waals surface area contributed by atoms with Crippen LogP contribution >= 0.6 is 0 Å². The van der Waals surface area contributed by atoms with Crippen LogP contribution in [-0.2, 0) is 25.6 Å². The number of hydrogen-bond acceptors (Lipinski definition) is 8. The monoisotopic (exact) mass is 592 g/mol. The summed E-state index contributed by atoms with van der Waals surface area (Å²) >= 11 is 0. The van der Waals surface area contributed by atoms with Crippen molar-refractivity contribution in [2.75, 3.05) is 13.1 Å². The number of aliphatic imine (C=N–C) groups is 2. The number of amides is 3. The zero-order valence-electron chi connectivity index (χ0n) is 24.0. The molecule has 4 unspecified atom stereocenters. The molecule has 0 aliphatic heterocycles. The van der Waals surface area contributed by atoms with Crippen molar-refractivity contribution in [3.8, 4) is 5.75 Å². The summed E-state index contributed by atoms with van der Waals surface area (Å²) in [6.45, 7) is 3.73. The van der Waals surface area contributed by atoms with Crippen LogP contribution in [0.1, 0.15) is 45.1 Å². The summed E-state index contributed by atoms with van der Waals surface area (Å²) in [6.07, 6.45) is 0.931. The van der Waals surface area contributed by atoms with Crippen molar-refractivity contribution in [3.05, 3.63) is 29.8 Å². The van der Waals surface area contributed by atoms with E-state index in [1.54, 1.807) is 26.0 Å². The largest absolute Gasteiger partial charge is 0.508 e. The zero-order valence-corrected chi connectivity index (χ0v) is 24.0. The van der Waals surface area contributed by atoms with E-state index in [9.17, 15) is 29.4 Å². The number of carboxylic acids is 1. The molecule has 3 amide bonds. The lowest BCUT2D eigenvalue weighted by molar-refractivity contribution is -0.142. The molecule has 16 nitrogen and oxygen atoms in total. The van der Waals surface area contributed by atoms with Crippen molar-refractivity contribution in [3.63, 3.8) is 0 Å². The molecule has 234 valence electrons. The minimum absolute atomic E-state index is 0.0546. The third kappa shape index (κ3) is 13.6. The number of benzene rings is 1. The quantitative estimate of drug-likeness (QED) is 0.0485. The molecule has 0 saturated carbocycles. The molecule has 0 bridgehead atoms. The van der Waals surface area contributed by atoms with Gasteiger partial charge in [0.2, 0.25) is 17.7 Å². The number of aromatic hydroxyl groups is 1. The second kappa shape index (κ2) is 18.0. The van der Waals surface area contributed by atoms with Crippen LogP contribution < -0.4 is 44.6 Å². The smallest absolute Gasteiger partial charge is 0.326 e. The van der Waals surface area contributed by atoms with Crippen LogP contribution in [0.15, 0.2) is 34.3 Å². The van der Waals surface area contributed by atoms with Gasteiger partial charge in [0.05, 0.1) is 6.04 Å². The van der Waals surface area contributed by atoms with Crippen molar-refractivity contribution in [2.45, 2.75) is 70.1 Å². The van der Waals surface area contributed by atoms with Crippen molar-refractivity contribution in [2.24, 2.45) is 44.6 Å². The van der Waals surface area contributed by atoms with Gasteiger partial charge in [-0.1, -0.05) is 26.0 Å². The van der Waals surface area contributed by atoms with E-state index < -0.39 is 53.8 Å². The predicted molar refractivity (Wildman–Crippen MR) is 158 cm³/mol. The Bertz CT molecular complexity index is 1100. The highest BCUT2D eigenvalue weighted by Crippen LogP contribution is 2.12. The third-order valence-corrected chi connectivity index (χ3v) is 6.11. The van der Waals surface area contributed by atoms with Crippen LogP contribution in [0.4, 0.5) is 0 Å². The number of aliphatic carboxylic acids is 1. The molecule has 4 atom stereocenters. The number of phenols is 1. The van der Waals surface area contributed by atoms with Crippen molar-refractivity contribution in [1.82, 2.24) is 16.0 Å². The Morgan fingerprint density at radius 2 is 1.29 bits per heavy atom. The molecule has 0 aromatic heterocycles. The van der Waals surface area contributed by atoms with E-state index in [0.717, 1.165) is 0 Å². The maximum atomic E-state index is 13.3. The van der Waals surface area contributed by atoms with Crippen molar-refractivity contribution < 1.29 is 29.4 Å². The summed E-state index contributed by atoms with van der Waals surface area (Å²) < 4.78 is 0. The van der Waals surface area contributed by atoms with Crippen LogP contribution in [0.2, 0.25) is 0 Å². The van der Waals surface area contributed by atoms with Crippen LogP contribution in [0.3, 0.4) is 0 Å². The summed E-state index contributed by atoms with van der Waals surface area (Å²) in [5.74, 6) is -3.86. The molecule has 0 heterocycles. The fraction of sp³-hybridized carbons (Fsp3) is 0.538. The van der Waals surface area contributed by atoms with Crippen molar-refractivity contribution >= 4 is 35.6 Å². The fourth-order valence-corrected chi connectivity index (χ4v) is 3.84. The van der Waals surface area contributed by atoms with Crippen LogP contribution in [0, 0.1) is 5.92 Å². The molecular formula is C26H44N10O6. The van der Waals surface area contributed by atoms with E-state index in [-0.39, 0.29) is 50.0 Å². The predicted octanol–water partition coefficient (Wildman–Crippen LogP) is -2.44. The third-order valence-electron chi connectivity index (χ3n) is 6.11. The van der Waals surface area contributed by atoms with E-state index in [1.807, 2.05) is 0 Å². The number of phenolic OH excluding ortho intramolecular Hbond substituents is 1. The highest BCUT2D eigenvalue weighted by atomic mass is 16.4. The van der Waals surface area contributed by atoms with Crippen LogP contribution in [0.5, 0.6) is 5.75 Å². The molecule has 0 aliphatic carbocycles. The molecule has 0 saturated heterocycles. The number of rotatable bonds is 18. The van der Waals surface area contributed by atoms with Crippen LogP contribution in [-0.4, -0.2) is 83.1 Å². The summed E-state index contributed by atoms with van der Waals surface area (Å²) in [6, 6.07) is 1.73. The van der Waals surface area contributed by atoms with Crippen molar-refractivity contribution in [1.29, 1.82) is 0 Å². The Balaban J connectivity index is 2.98. The molecule has 1 aromatic rings. The number of nitrogens with zero attached hydrogens (tertiary/aromatic N) is 2. The topological polar surface area (TPSA) is 300 Å². The lowest BCUT2D eigenvalue weighted by Crippen LogP contribution is -2.58. The van der Waals surface area contributed by atoms with Gasteiger partial charge in [0.15, 0.2) is 11.9 Å². The SMILES string of the molecule is CC(C)C(NC(=O)C(CCCN=C(N)N)NC(=O)C(N)Cc1ccc(O)cc1)C(=O)NC(CCCN=C(N)N)C(=O)O. The Morgan fingerprint density at radius 3 is 1.76 bits per heavy atom. The summed E-state index contributed by atoms with van der Waals surface area (Å²) in [5, 5.41) is 26.7. The minimum Gasteiger partial charge on any atom is -0.508 e. The number of carboxylic acid groups (broad SMARTS) is 1. The molecule has 1 rings (SSSR count). The van der Waals surface area contributed by atoms with Gasteiger partial charge in [-0.3, -0.25) is 24.4 Å². The number of carbonyl (C=O) groups is 4. The Labute approximate surface area is 244 Å². The first-order chi connectivity index (χ1) is 19.7. The molecule has 0 fully saturated rings. The normalized spacial score (nSPS) is 13.6. The Kier molecular flexibility index (Phi) is 15.1. The molecule has 0 aliphatic rings. The Morgan fingerprint density at radius 1 is 0.786 bits per heavy atom. The second-order valence-electron chi connectivity index (χ2n) is 10.1. The number of guanidine groups is 2. The van der Waals surface area contributed by atoms with Gasteiger partial charge in [-0.15, -0.1) is 0 Å². The van der Waals surface area contributed by atoms with Gasteiger partial charge in [0, 0.05) is 13.1 Å². The fourth-order valence-electron chi connectivity index (χ4n) is 3.84. The summed E-state index contributed by atoms with van der Waals surface area (Å²) in [7, 11) is 0. The molecule has 42 heavy (non-hydrogen) atoms. The standard InChI is InChI=1S/C26H44N10O6/c1-14(2)20(23(40)35-19(24(41)42)6-4-12-33-26(30)31)36-22(39)18(5-3-11-32-25(28)29)34-21(38)17(27)13-15-7-9-16(37)10-8-15/h7-10,14,17-20,37H,3-6,11-13,27H2,1-2H3,(H,34,38)(H,35,40)(H,36,39)(H,41,42)(H4,28,29,32)(H4,30,31,33). The molecular weight excluding hydrogens is 548 g/mol. The molecule has 0 radical (unpaired) electrons. The maximum Gasteiger partial charge on any atom is 0.326 e. The lowest BCUT2D eigenvalue weighted by atomic mass is 10.0. The lowest BCUT2D eigenvalue weighted by Gasteiger charge is -2.27. The van der Waals surface area contributed by atoms with Gasteiger partial charge < -0.3 is 54.8 Å². The maximum absolute atomic E-state index is 13.3. The minimum atomic E-state index is -1.26. The van der Waals surface area contributed by atoms with Gasteiger partial charge in [-0.2, -0.15) is 0 Å². The first-order valence-corrected chi connectivity index (χ1v) is 13.5. The van der Waals surface area contributed by atoms with E-state index >= 15 is 0 Å². The summed E-state index contributed by atoms with van der Waals surface area (Å²) in [4.78, 5) is 58.7. The van der Waals surface area contributed by atoms with Gasteiger partial charge in [0.1, 0.15) is 23.9 Å². The van der Waals surface area contributed by atoms with E-state index in [1.165, 1.54) is 12.1 Å². The Hall–Kier alpha value is -4.60. The van der Waals surface area contributed by atoms with Gasteiger partial charge >= 0.3 is 5.97 Å². The van der Waals surface area contributed by atoms with Crippen LogP contribution in [0.25, 0.3) is 0 Å². The molecule has 15 N–H and O–H groups in total. The first kappa shape index (κ1) is 35.4. The average Bonchev–Trinajstić information content (AvgIpc) is 2.90. The number of carbonyl (C=O) groups excluding carboxylic acids is 3. The number of nitrogens with one attached hydrogen (secondary N) is 3. The van der Waals surface area contributed by atoms with Gasteiger partial charge in [-0.25, -0.2) is 4.79 Å². The number of nitrogens with two attached hydrogens (primary N) is 5. The van der Waals surface area contributed by atoms with Gasteiger partial charge in [0.25, 0.3) is 0 Å². The second-order valence-corrected chi connectivity index (χ2v) is 10.1. The van der Waals surface area contributed by atoms with E-state index in [0.29, 0.717) is 18.4 Å². The first-order valence-electron chi connectivity index (χ1n) is 13.5. The average molecular weight is 593 g/mol. The molecule has 1 aromatic carbocycles. The number of hydrogen-bond donors (Lipinski definition) is 10. The summed E-state index contributed by atoms with van der Waals surface area (Å²) in [5.41, 5.74) is 28.0. The highest BCUT2D eigenvalue weighted by molar-refractivity contribution is 5.94. The molecule has 16 heteroatoms.